The van der Waals surface area contributed by atoms with E-state index >= 15 is 0 Å². The maximum absolute atomic E-state index is 13.0. The third-order valence-electron chi connectivity index (χ3n) is 7.16. The summed E-state index contributed by atoms with van der Waals surface area (Å²) in [6.45, 7) is 3.12. The minimum atomic E-state index is -0.480. The summed E-state index contributed by atoms with van der Waals surface area (Å²) in [5, 5.41) is 4.17. The van der Waals surface area contributed by atoms with Gasteiger partial charge in [-0.05, 0) is 67.1 Å². The number of halogens is 2. The first-order chi connectivity index (χ1) is 22.6. The molecule has 0 saturated heterocycles. The molecule has 0 radical (unpaired) electrons. The normalized spacial score (nSPS) is 11.0. The SMILES string of the molecule is CC(=O)N(c1cccnc1)c1ccc(C=CC(=O)NCC(=O)N(C)c2ccc(Cl)c(COc3cccc4ccc(C)nc34)c2Cl)cn1. The number of benzene rings is 2. The summed E-state index contributed by atoms with van der Waals surface area (Å²) in [5.74, 6) is -0.106. The number of amides is 3. The van der Waals surface area contributed by atoms with Crippen molar-refractivity contribution in [2.24, 2.45) is 0 Å². The minimum absolute atomic E-state index is 0.0515. The average molecular weight is 670 g/mol. The molecule has 0 spiro atoms. The number of fused-ring (bicyclic) bond motifs is 1. The third kappa shape index (κ3) is 7.92. The summed E-state index contributed by atoms with van der Waals surface area (Å²) >= 11 is 13.2. The van der Waals surface area contributed by atoms with E-state index in [9.17, 15) is 14.4 Å². The van der Waals surface area contributed by atoms with Crippen molar-refractivity contribution in [3.05, 3.63) is 118 Å². The molecule has 0 saturated carbocycles. The van der Waals surface area contributed by atoms with E-state index in [4.69, 9.17) is 27.9 Å². The van der Waals surface area contributed by atoms with E-state index in [0.29, 0.717) is 39.1 Å². The van der Waals surface area contributed by atoms with Crippen LogP contribution in [0, 0.1) is 6.92 Å². The molecule has 0 aliphatic heterocycles. The van der Waals surface area contributed by atoms with Gasteiger partial charge in [0.25, 0.3) is 0 Å². The number of rotatable bonds is 10. The molecule has 0 atom stereocenters. The largest absolute Gasteiger partial charge is 0.487 e. The van der Waals surface area contributed by atoms with Crippen LogP contribution >= 0.6 is 23.2 Å². The second-order valence-corrected chi connectivity index (χ2v) is 11.2. The Hall–Kier alpha value is -5.32. The van der Waals surface area contributed by atoms with E-state index in [1.807, 2.05) is 37.3 Å². The highest BCUT2D eigenvalue weighted by atomic mass is 35.5. The number of aryl methyl sites for hydroxylation is 1. The van der Waals surface area contributed by atoms with E-state index in [2.05, 4.69) is 20.3 Å². The number of hydrogen-bond donors (Lipinski definition) is 1. The van der Waals surface area contributed by atoms with Crippen LogP contribution < -0.4 is 19.9 Å². The molecule has 47 heavy (non-hydrogen) atoms. The summed E-state index contributed by atoms with van der Waals surface area (Å²) in [6, 6.07) is 19.7. The number of nitrogens with zero attached hydrogens (tertiary/aromatic N) is 5. The molecule has 0 bridgehead atoms. The number of hydrogen-bond acceptors (Lipinski definition) is 7. The first kappa shape index (κ1) is 33.1. The molecule has 2 aromatic carbocycles. The van der Waals surface area contributed by atoms with Gasteiger partial charge in [0.2, 0.25) is 17.7 Å². The minimum Gasteiger partial charge on any atom is -0.487 e. The van der Waals surface area contributed by atoms with Gasteiger partial charge in [-0.15, -0.1) is 0 Å². The molecule has 238 valence electrons. The number of ether oxygens (including phenoxy) is 1. The molecule has 0 aliphatic rings. The first-order valence-electron chi connectivity index (χ1n) is 14.5. The van der Waals surface area contributed by atoms with Crippen molar-refractivity contribution in [1.82, 2.24) is 20.3 Å². The fourth-order valence-corrected chi connectivity index (χ4v) is 5.30. The van der Waals surface area contributed by atoms with E-state index in [-0.39, 0.29) is 24.1 Å². The molecule has 0 fully saturated rings. The number of anilines is 3. The average Bonchev–Trinajstić information content (AvgIpc) is 3.07. The van der Waals surface area contributed by atoms with Crippen molar-refractivity contribution in [3.63, 3.8) is 0 Å². The van der Waals surface area contributed by atoms with Gasteiger partial charge in [-0.2, -0.15) is 0 Å². The van der Waals surface area contributed by atoms with Crippen molar-refractivity contribution in [2.75, 3.05) is 23.4 Å². The fraction of sp³-hybridized carbons (Fsp3) is 0.143. The Morgan fingerprint density at radius 1 is 0.979 bits per heavy atom. The predicted octanol–water partition coefficient (Wildman–Crippen LogP) is 6.70. The van der Waals surface area contributed by atoms with Crippen LogP contribution in [-0.4, -0.2) is 46.3 Å². The zero-order chi connectivity index (χ0) is 33.5. The Kier molecular flexibility index (Phi) is 10.4. The fourth-order valence-electron chi connectivity index (χ4n) is 4.70. The molecule has 3 amide bonds. The van der Waals surface area contributed by atoms with Crippen LogP contribution in [0.1, 0.15) is 23.7 Å². The Morgan fingerprint density at radius 3 is 2.53 bits per heavy atom. The van der Waals surface area contributed by atoms with Gasteiger partial charge < -0.3 is 15.0 Å². The van der Waals surface area contributed by atoms with Crippen LogP contribution in [0.5, 0.6) is 5.75 Å². The van der Waals surface area contributed by atoms with Crippen LogP contribution in [0.15, 0.2) is 91.4 Å². The Labute approximate surface area is 281 Å². The number of nitrogens with one attached hydrogen (secondary N) is 1. The van der Waals surface area contributed by atoms with Gasteiger partial charge in [0, 0.05) is 54.1 Å². The van der Waals surface area contributed by atoms with Gasteiger partial charge >= 0.3 is 0 Å². The molecular weight excluding hydrogens is 639 g/mol. The van der Waals surface area contributed by atoms with Crippen LogP contribution in [0.4, 0.5) is 17.2 Å². The van der Waals surface area contributed by atoms with Crippen molar-refractivity contribution >= 4 is 75.1 Å². The van der Waals surface area contributed by atoms with Gasteiger partial charge in [-0.1, -0.05) is 41.4 Å². The van der Waals surface area contributed by atoms with Gasteiger partial charge in [-0.3, -0.25) is 24.3 Å². The Balaban J connectivity index is 1.19. The molecule has 12 heteroatoms. The van der Waals surface area contributed by atoms with Gasteiger partial charge in [0.1, 0.15) is 23.7 Å². The molecular formula is C35H30Cl2N6O4. The number of carbonyl (C=O) groups excluding carboxylic acids is 3. The maximum Gasteiger partial charge on any atom is 0.246 e. The molecule has 1 N–H and O–H groups in total. The Bertz CT molecular complexity index is 1970. The van der Waals surface area contributed by atoms with Crippen molar-refractivity contribution in [3.8, 4) is 5.75 Å². The van der Waals surface area contributed by atoms with E-state index < -0.39 is 11.8 Å². The van der Waals surface area contributed by atoms with Crippen LogP contribution in [0.3, 0.4) is 0 Å². The number of carbonyl (C=O) groups is 3. The van der Waals surface area contributed by atoms with Gasteiger partial charge in [-0.25, -0.2) is 9.97 Å². The zero-order valence-corrected chi connectivity index (χ0v) is 27.3. The number of pyridine rings is 3. The molecule has 0 unspecified atom stereocenters. The van der Waals surface area contributed by atoms with Crippen LogP contribution in [-0.2, 0) is 21.0 Å². The van der Waals surface area contributed by atoms with Crippen molar-refractivity contribution in [2.45, 2.75) is 20.5 Å². The highest BCUT2D eigenvalue weighted by Gasteiger charge is 2.20. The molecule has 3 heterocycles. The summed E-state index contributed by atoms with van der Waals surface area (Å²) in [6.07, 6.45) is 7.57. The lowest BCUT2D eigenvalue weighted by molar-refractivity contribution is -0.122. The zero-order valence-electron chi connectivity index (χ0n) is 25.8. The van der Waals surface area contributed by atoms with E-state index in [1.165, 1.54) is 29.0 Å². The molecule has 10 nitrogen and oxygen atoms in total. The number of aromatic nitrogens is 3. The highest BCUT2D eigenvalue weighted by Crippen LogP contribution is 2.35. The lowest BCUT2D eigenvalue weighted by atomic mass is 10.1. The summed E-state index contributed by atoms with van der Waals surface area (Å²) < 4.78 is 6.08. The maximum atomic E-state index is 13.0. The topological polar surface area (TPSA) is 118 Å². The van der Waals surface area contributed by atoms with Crippen molar-refractivity contribution < 1.29 is 19.1 Å². The lowest BCUT2D eigenvalue weighted by Gasteiger charge is -2.21. The second-order valence-electron chi connectivity index (χ2n) is 10.4. The Morgan fingerprint density at radius 2 is 1.81 bits per heavy atom. The molecule has 5 aromatic rings. The molecule has 0 aliphatic carbocycles. The monoisotopic (exact) mass is 668 g/mol. The summed E-state index contributed by atoms with van der Waals surface area (Å²) in [4.78, 5) is 53.5. The smallest absolute Gasteiger partial charge is 0.246 e. The number of para-hydroxylation sites is 1. The van der Waals surface area contributed by atoms with Gasteiger partial charge in [0.15, 0.2) is 0 Å². The third-order valence-corrected chi connectivity index (χ3v) is 7.93. The first-order valence-corrected chi connectivity index (χ1v) is 15.2. The van der Waals surface area contributed by atoms with E-state index in [1.54, 1.807) is 61.9 Å². The van der Waals surface area contributed by atoms with Gasteiger partial charge in [0.05, 0.1) is 29.1 Å². The molecule has 3 aromatic heterocycles. The quantitative estimate of drug-likeness (QED) is 0.165. The molecule has 5 rings (SSSR count). The second kappa shape index (κ2) is 14.8. The van der Waals surface area contributed by atoms with Crippen LogP contribution in [0.25, 0.3) is 17.0 Å². The summed E-state index contributed by atoms with van der Waals surface area (Å²) in [5.41, 5.74) is 3.71. The standard InChI is InChI=1S/C35H30Cl2N6O4/c1-22-9-12-25-6-4-8-30(35(25)41-22)47-21-27-28(36)13-14-29(34(27)37)42(3)33(46)20-40-32(45)16-11-24-10-15-31(39-18-24)43(23(2)44)26-7-5-17-38-19-26/h4-19H,20-21H2,1-3H3,(H,40,45). The van der Waals surface area contributed by atoms with Crippen LogP contribution in [0.2, 0.25) is 10.0 Å². The van der Waals surface area contributed by atoms with E-state index in [0.717, 1.165) is 16.6 Å². The predicted molar refractivity (Wildman–Crippen MR) is 184 cm³/mol. The number of likely N-dealkylation sites (N-methyl/N-ethyl adjacent to an activating group) is 1. The van der Waals surface area contributed by atoms with Crippen molar-refractivity contribution in [1.29, 1.82) is 0 Å². The highest BCUT2D eigenvalue weighted by molar-refractivity contribution is 6.38. The lowest BCUT2D eigenvalue weighted by Crippen LogP contribution is -2.37. The summed E-state index contributed by atoms with van der Waals surface area (Å²) in [7, 11) is 1.56.